The van der Waals surface area contributed by atoms with Crippen molar-refractivity contribution in [1.29, 1.82) is 0 Å². The Morgan fingerprint density at radius 1 is 1.09 bits per heavy atom. The Kier molecular flexibility index (Phi) is 6.73. The molecule has 3 aliphatic rings. The van der Waals surface area contributed by atoms with Crippen molar-refractivity contribution in [2.45, 2.75) is 32.6 Å². The smallest absolute Gasteiger partial charge is 0.128 e. The van der Waals surface area contributed by atoms with E-state index in [2.05, 4.69) is 59.1 Å². The molecule has 2 N–H and O–H groups in total. The maximum absolute atomic E-state index is 6.78. The largest absolute Gasteiger partial charge is 0.400 e. The summed E-state index contributed by atoms with van der Waals surface area (Å²) in [5, 5.41) is 0. The molecule has 1 fully saturated rings. The quantitative estimate of drug-likeness (QED) is 0.446. The highest BCUT2D eigenvalue weighted by Crippen LogP contribution is 2.33. The Labute approximate surface area is 193 Å². The molecule has 1 aromatic rings. The number of aryl methyl sites for hydroxylation is 2. The predicted molar refractivity (Wildman–Crippen MR) is 135 cm³/mol. The number of aliphatic imine (C=N–C) groups is 1. The van der Waals surface area contributed by atoms with Crippen LogP contribution in [0.1, 0.15) is 36.0 Å². The molecule has 0 radical (unpaired) electrons. The molecule has 2 aliphatic heterocycles. The van der Waals surface area contributed by atoms with Crippen molar-refractivity contribution < 1.29 is 0 Å². The number of hydrogen-bond acceptors (Lipinski definition) is 4. The molecule has 5 heteroatoms. The van der Waals surface area contributed by atoms with Gasteiger partial charge in [0.25, 0.3) is 0 Å². The Balaban J connectivity index is 1.53. The third kappa shape index (κ3) is 4.34. The zero-order valence-corrected chi connectivity index (χ0v) is 19.7. The van der Waals surface area contributed by atoms with Crippen LogP contribution in [0.5, 0.6) is 0 Å². The first-order chi connectivity index (χ1) is 15.5. The fourth-order valence-electron chi connectivity index (χ4n) is 5.31. The van der Waals surface area contributed by atoms with E-state index in [1.165, 1.54) is 28.0 Å². The Bertz CT molecular complexity index is 976. The van der Waals surface area contributed by atoms with Gasteiger partial charge in [0.1, 0.15) is 5.84 Å². The maximum Gasteiger partial charge on any atom is 0.128 e. The number of nitrogens with zero attached hydrogens (tertiary/aromatic N) is 4. The molecule has 32 heavy (non-hydrogen) atoms. The van der Waals surface area contributed by atoms with E-state index in [0.717, 1.165) is 82.2 Å². The van der Waals surface area contributed by atoms with Crippen molar-refractivity contribution in [3.05, 3.63) is 77.2 Å². The van der Waals surface area contributed by atoms with Crippen LogP contribution in [0.15, 0.2) is 65.5 Å². The van der Waals surface area contributed by atoms with Crippen LogP contribution in [0.25, 0.3) is 5.70 Å². The first-order valence-electron chi connectivity index (χ1n) is 11.8. The molecule has 0 amide bonds. The molecule has 5 nitrogen and oxygen atoms in total. The van der Waals surface area contributed by atoms with Gasteiger partial charge in [0.15, 0.2) is 0 Å². The van der Waals surface area contributed by atoms with Gasteiger partial charge in [0.2, 0.25) is 0 Å². The number of allylic oxidation sites excluding steroid dienone is 2. The van der Waals surface area contributed by atoms with E-state index >= 15 is 0 Å². The number of fused-ring (bicyclic) bond motifs is 1. The van der Waals surface area contributed by atoms with Crippen molar-refractivity contribution in [3.63, 3.8) is 0 Å². The molecule has 0 atom stereocenters. The zero-order chi connectivity index (χ0) is 22.7. The van der Waals surface area contributed by atoms with Crippen LogP contribution in [0, 0.1) is 6.92 Å². The molecule has 1 saturated heterocycles. The lowest BCUT2D eigenvalue weighted by molar-refractivity contribution is 0.227. The Morgan fingerprint density at radius 3 is 2.56 bits per heavy atom. The van der Waals surface area contributed by atoms with Gasteiger partial charge >= 0.3 is 0 Å². The van der Waals surface area contributed by atoms with Crippen LogP contribution >= 0.6 is 0 Å². The highest BCUT2D eigenvalue weighted by Gasteiger charge is 2.27. The van der Waals surface area contributed by atoms with Crippen LogP contribution in [-0.2, 0) is 6.42 Å². The molecule has 0 unspecified atom stereocenters. The lowest BCUT2D eigenvalue weighted by atomic mass is 9.90. The summed E-state index contributed by atoms with van der Waals surface area (Å²) in [5.74, 6) is 1.07. The number of hydrogen-bond donors (Lipinski definition) is 1. The van der Waals surface area contributed by atoms with Gasteiger partial charge in [-0.1, -0.05) is 37.4 Å². The van der Waals surface area contributed by atoms with Crippen molar-refractivity contribution >= 4 is 11.5 Å². The van der Waals surface area contributed by atoms with Crippen molar-refractivity contribution in [3.8, 4) is 0 Å². The van der Waals surface area contributed by atoms with Crippen LogP contribution in [0.2, 0.25) is 0 Å². The summed E-state index contributed by atoms with van der Waals surface area (Å²) < 4.78 is 0. The van der Waals surface area contributed by atoms with Gasteiger partial charge in [-0.3, -0.25) is 4.99 Å². The second kappa shape index (κ2) is 9.68. The number of piperazine rings is 1. The standard InChI is InChI=1S/C27H37N5/c1-5-21(3)30-15-17-31(18-16-30)27(29-4)23-12-8-14-32(19-24(23)28)25-13-7-11-22-10-6-9-20(2)26(22)25/h5-6,9-10,13H,1,3,7-8,11-12,14-19,28H2,2,4H3. The highest BCUT2D eigenvalue weighted by atomic mass is 15.3. The fourth-order valence-corrected chi connectivity index (χ4v) is 5.31. The maximum atomic E-state index is 6.78. The number of amidine groups is 1. The summed E-state index contributed by atoms with van der Waals surface area (Å²) in [4.78, 5) is 11.9. The average molecular weight is 432 g/mol. The summed E-state index contributed by atoms with van der Waals surface area (Å²) >= 11 is 0. The lowest BCUT2D eigenvalue weighted by Crippen LogP contribution is -2.48. The van der Waals surface area contributed by atoms with Gasteiger partial charge in [-0.2, -0.15) is 0 Å². The molecule has 2 heterocycles. The van der Waals surface area contributed by atoms with Crippen LogP contribution < -0.4 is 5.73 Å². The number of nitrogens with two attached hydrogens (primary N) is 1. The SMILES string of the molecule is C=CC(=C)N1CCN(C(=NC)C2=C(N)CN(C3=CCCc4cccc(C)c43)CCC2)CC1. The van der Waals surface area contributed by atoms with Crippen LogP contribution in [0.4, 0.5) is 0 Å². The summed E-state index contributed by atoms with van der Waals surface area (Å²) in [6.45, 7) is 15.7. The third-order valence-corrected chi connectivity index (χ3v) is 7.01. The van der Waals surface area contributed by atoms with Crippen LogP contribution in [-0.4, -0.2) is 66.9 Å². The predicted octanol–water partition coefficient (Wildman–Crippen LogP) is 3.94. The molecule has 0 aromatic heterocycles. The molecule has 0 spiro atoms. The minimum absolute atomic E-state index is 0.765. The van der Waals surface area contributed by atoms with E-state index in [-0.39, 0.29) is 0 Å². The van der Waals surface area contributed by atoms with Gasteiger partial charge in [-0.25, -0.2) is 0 Å². The van der Waals surface area contributed by atoms with E-state index in [0.29, 0.717) is 0 Å². The summed E-state index contributed by atoms with van der Waals surface area (Å²) in [5.41, 5.74) is 15.6. The monoisotopic (exact) mass is 431 g/mol. The molecule has 1 aliphatic carbocycles. The normalized spacial score (nSPS) is 20.0. The van der Waals surface area contributed by atoms with Gasteiger partial charge in [0.05, 0.1) is 6.54 Å². The van der Waals surface area contributed by atoms with E-state index in [4.69, 9.17) is 10.7 Å². The molecule has 1 aromatic carbocycles. The number of benzene rings is 1. The first-order valence-corrected chi connectivity index (χ1v) is 11.8. The fraction of sp³-hybridized carbons (Fsp3) is 0.444. The molecule has 0 bridgehead atoms. The zero-order valence-electron chi connectivity index (χ0n) is 19.7. The second-order valence-corrected chi connectivity index (χ2v) is 8.98. The van der Waals surface area contributed by atoms with E-state index in [9.17, 15) is 0 Å². The van der Waals surface area contributed by atoms with Gasteiger partial charge in [-0.15, -0.1) is 0 Å². The molecule has 4 rings (SSSR count). The molecular weight excluding hydrogens is 394 g/mol. The summed E-state index contributed by atoms with van der Waals surface area (Å²) in [7, 11) is 1.90. The summed E-state index contributed by atoms with van der Waals surface area (Å²) in [6.07, 6.45) is 8.53. The third-order valence-electron chi connectivity index (χ3n) is 7.01. The number of rotatable bonds is 4. The van der Waals surface area contributed by atoms with E-state index < -0.39 is 0 Å². The Hall–Kier alpha value is -2.95. The van der Waals surface area contributed by atoms with Crippen molar-refractivity contribution in [1.82, 2.24) is 14.7 Å². The van der Waals surface area contributed by atoms with Crippen LogP contribution in [0.3, 0.4) is 0 Å². The van der Waals surface area contributed by atoms with Gasteiger partial charge in [0, 0.05) is 68.0 Å². The van der Waals surface area contributed by atoms with E-state index in [1.807, 2.05) is 13.1 Å². The molecule has 170 valence electrons. The minimum Gasteiger partial charge on any atom is -0.400 e. The highest BCUT2D eigenvalue weighted by molar-refractivity contribution is 5.99. The average Bonchev–Trinajstić information content (AvgIpc) is 3.01. The topological polar surface area (TPSA) is 48.1 Å². The van der Waals surface area contributed by atoms with Crippen molar-refractivity contribution in [2.75, 3.05) is 46.3 Å². The summed E-state index contributed by atoms with van der Waals surface area (Å²) in [6, 6.07) is 6.68. The molecular formula is C27H37N5. The minimum atomic E-state index is 0.765. The Morgan fingerprint density at radius 2 is 1.84 bits per heavy atom. The van der Waals surface area contributed by atoms with E-state index in [1.54, 1.807) is 0 Å². The van der Waals surface area contributed by atoms with Gasteiger partial charge in [-0.05, 0) is 49.8 Å². The van der Waals surface area contributed by atoms with Gasteiger partial charge < -0.3 is 20.4 Å². The lowest BCUT2D eigenvalue weighted by Gasteiger charge is -2.38. The van der Waals surface area contributed by atoms with Crippen molar-refractivity contribution in [2.24, 2.45) is 10.7 Å². The first kappa shape index (κ1) is 22.3. The second-order valence-electron chi connectivity index (χ2n) is 8.98. The molecule has 0 saturated carbocycles.